The van der Waals surface area contributed by atoms with Crippen molar-refractivity contribution in [1.29, 1.82) is 0 Å². The number of amides is 2. The van der Waals surface area contributed by atoms with Crippen LogP contribution in [0.25, 0.3) is 0 Å². The normalized spacial score (nSPS) is 12.2. The molecule has 0 bridgehead atoms. The average molecular weight is 831 g/mol. The Morgan fingerprint density at radius 2 is 0.907 bits per heavy atom. The van der Waals surface area contributed by atoms with Gasteiger partial charge in [-0.25, -0.2) is 27.1 Å². The first-order valence-electron chi connectivity index (χ1n) is 14.4. The minimum Gasteiger partial charge on any atom is -0.874 e. The number of azo groups is 2. The summed E-state index contributed by atoms with van der Waals surface area (Å²) >= 11 is 0. The molecule has 0 aliphatic rings. The van der Waals surface area contributed by atoms with Crippen LogP contribution >= 0.6 is 0 Å². The van der Waals surface area contributed by atoms with Crippen LogP contribution in [-0.2, 0) is 46.4 Å². The second kappa shape index (κ2) is 21.1. The molecule has 0 aliphatic heterocycles. The number of carbonyl (C=O) groups excluding carboxylic acids is 2. The average Bonchev–Trinajstić information content (AvgIpc) is 3.06. The molecule has 22 heteroatoms. The number of hydrogen-bond donors (Lipinski definition) is 4. The number of nitrogens with two attached hydrogens (primary N) is 2. The summed E-state index contributed by atoms with van der Waals surface area (Å²) in [5, 5.41) is 76.0. The van der Waals surface area contributed by atoms with E-state index in [4.69, 9.17) is 10.3 Å². The summed E-state index contributed by atoms with van der Waals surface area (Å²) in [7, 11) is -8.06. The summed E-state index contributed by atoms with van der Waals surface area (Å²) < 4.78 is 44.8. The minimum absolute atomic E-state index is 0. The largest absolute Gasteiger partial charge is 3.00 e. The molecule has 0 unspecified atom stereocenters. The van der Waals surface area contributed by atoms with Gasteiger partial charge in [-0.1, -0.05) is 61.7 Å². The fourth-order valence-corrected chi connectivity index (χ4v) is 4.75. The van der Waals surface area contributed by atoms with Crippen LogP contribution in [0.5, 0.6) is 11.5 Å². The molecule has 0 aliphatic carbocycles. The molecule has 54 heavy (non-hydrogen) atoms. The van der Waals surface area contributed by atoms with Crippen molar-refractivity contribution in [3.8, 4) is 11.5 Å². The van der Waals surface area contributed by atoms with Gasteiger partial charge in [-0.05, 0) is 60.7 Å². The fraction of sp³-hybridized carbons (Fsp3) is 0.0625. The second-order valence-electron chi connectivity index (χ2n) is 10.2. The van der Waals surface area contributed by atoms with Gasteiger partial charge >= 0.3 is 46.3 Å². The van der Waals surface area contributed by atoms with Crippen LogP contribution in [0.15, 0.2) is 150 Å². The van der Waals surface area contributed by atoms with Gasteiger partial charge in [0.25, 0.3) is 11.8 Å². The summed E-state index contributed by atoms with van der Waals surface area (Å²) in [5.41, 5.74) is -0.609. The molecule has 0 fully saturated rings. The van der Waals surface area contributed by atoms with Crippen LogP contribution in [0, 0.1) is 0 Å². The van der Waals surface area contributed by atoms with Gasteiger partial charge in [-0.15, -0.1) is 21.7 Å². The number of benzene rings is 4. The van der Waals surface area contributed by atoms with Crippen molar-refractivity contribution in [2.75, 3.05) is 10.6 Å². The Morgan fingerprint density at radius 3 is 1.17 bits per heavy atom. The van der Waals surface area contributed by atoms with Gasteiger partial charge in [0.2, 0.25) is 20.0 Å². The van der Waals surface area contributed by atoms with Crippen LogP contribution in [0.4, 0.5) is 22.7 Å². The number of nitrogens with zero attached hydrogens (tertiary/aromatic N) is 4. The number of primary sulfonamides is 2. The zero-order chi connectivity index (χ0) is 38.6. The van der Waals surface area contributed by atoms with Gasteiger partial charge in [0, 0.05) is 11.4 Å². The molecular weight excluding hydrogens is 802 g/mol. The third-order valence-electron chi connectivity index (χ3n) is 6.20. The van der Waals surface area contributed by atoms with Gasteiger partial charge in [-0.2, -0.15) is 10.2 Å². The summed E-state index contributed by atoms with van der Waals surface area (Å²) in [5.74, 6) is -4.44. The fourth-order valence-electron chi connectivity index (χ4n) is 3.69. The summed E-state index contributed by atoms with van der Waals surface area (Å²) in [6.45, 7) is 2.25. The Hall–Kier alpha value is -4.97. The number of allylic oxidation sites excluding steroid dienone is 2. The molecule has 0 spiro atoms. The number of para-hydroxylation sites is 2. The first-order chi connectivity index (χ1) is 24.4. The van der Waals surface area contributed by atoms with Gasteiger partial charge in [-0.3, -0.25) is 9.59 Å². The Bertz CT molecular complexity index is 2140. The van der Waals surface area contributed by atoms with Crippen molar-refractivity contribution in [2.24, 2.45) is 30.7 Å². The maximum absolute atomic E-state index is 12.1. The maximum atomic E-state index is 12.1. The summed E-state index contributed by atoms with van der Waals surface area (Å²) in [6.07, 6.45) is 0. The number of hydrogen-bond acceptors (Lipinski definition) is 14. The van der Waals surface area contributed by atoms with Crippen molar-refractivity contribution >= 4 is 54.6 Å². The van der Waals surface area contributed by atoms with Crippen molar-refractivity contribution < 1.29 is 93.2 Å². The van der Waals surface area contributed by atoms with Gasteiger partial charge in [0.15, 0.2) is 0 Å². The van der Waals surface area contributed by atoms with E-state index in [1.807, 2.05) is 0 Å². The predicted octanol–water partition coefficient (Wildman–Crippen LogP) is -1.55. The van der Waals surface area contributed by atoms with Crippen molar-refractivity contribution in [1.82, 2.24) is 0 Å². The SMILES string of the molecule is C/C([O-])=C(/N=Nc1ccc(S(N)(=O)=O)cc1[O-])C(=O)Nc1ccccc1.C/C([O-])=C(\N=Nc1ccc(S(N)(=O)=O)cc1[O-])C(=O)Nc1ccccc1.[Co+3].[Na+]. The van der Waals surface area contributed by atoms with Crippen LogP contribution in [0.3, 0.4) is 0 Å². The molecule has 0 saturated carbocycles. The molecule has 4 aromatic carbocycles. The van der Waals surface area contributed by atoms with Crippen LogP contribution < -0.4 is 70.9 Å². The van der Waals surface area contributed by atoms with Crippen molar-refractivity contribution in [3.05, 3.63) is 120 Å². The van der Waals surface area contributed by atoms with Crippen LogP contribution in [-0.4, -0.2) is 28.6 Å². The maximum Gasteiger partial charge on any atom is 3.00 e. The van der Waals surface area contributed by atoms with Gasteiger partial charge < -0.3 is 31.1 Å². The molecule has 0 saturated heterocycles. The molecular formula is C32H28CoN8NaO10S2. The topological polar surface area (TPSA) is 320 Å². The zero-order valence-corrected chi connectivity index (χ0v) is 33.1. The number of sulfonamides is 2. The molecule has 278 valence electrons. The second-order valence-corrected chi connectivity index (χ2v) is 13.3. The summed E-state index contributed by atoms with van der Waals surface area (Å²) in [6, 6.07) is 22.6. The molecule has 0 aromatic heterocycles. The Morgan fingerprint density at radius 1 is 0.593 bits per heavy atom. The standard InChI is InChI=1S/2C16H16N4O5S.Co.Na/c2*1-10(21)15(16(23)18-11-5-3-2-4-6-11)20-19-13-8-7-12(9-14(13)22)26(17,24)25;;/h2*2-9,21-22H,1H3,(H,18,23)(H2,17,24,25);;/q;;+3;+1/p-4/b15-10+,20-19?;15-10-,20-19?;;. The van der Waals surface area contributed by atoms with Crippen molar-refractivity contribution in [3.63, 3.8) is 0 Å². The van der Waals surface area contributed by atoms with E-state index in [1.165, 1.54) is 0 Å². The van der Waals surface area contributed by atoms with Crippen LogP contribution in [0.2, 0.25) is 0 Å². The van der Waals surface area contributed by atoms with E-state index in [9.17, 15) is 46.9 Å². The molecule has 4 rings (SSSR count). The van der Waals surface area contributed by atoms with E-state index in [0.717, 1.165) is 50.2 Å². The molecule has 18 nitrogen and oxygen atoms in total. The van der Waals surface area contributed by atoms with E-state index < -0.39 is 66.3 Å². The van der Waals surface area contributed by atoms with E-state index in [0.29, 0.717) is 11.4 Å². The molecule has 0 radical (unpaired) electrons. The number of carbonyl (C=O) groups is 2. The predicted molar refractivity (Wildman–Crippen MR) is 179 cm³/mol. The van der Waals surface area contributed by atoms with Crippen LogP contribution in [0.1, 0.15) is 13.8 Å². The smallest absolute Gasteiger partial charge is 0.874 e. The van der Waals surface area contributed by atoms with E-state index in [2.05, 4.69) is 31.1 Å². The quantitative estimate of drug-likeness (QED) is 0.0617. The number of anilines is 2. The van der Waals surface area contributed by atoms with E-state index in [-0.39, 0.29) is 67.5 Å². The third-order valence-corrected chi connectivity index (χ3v) is 8.02. The molecule has 2 amide bonds. The Labute approximate surface area is 342 Å². The van der Waals surface area contributed by atoms with E-state index in [1.54, 1.807) is 60.7 Å². The molecule has 0 heterocycles. The van der Waals surface area contributed by atoms with Gasteiger partial charge in [0.05, 0.1) is 21.2 Å². The summed E-state index contributed by atoms with van der Waals surface area (Å²) in [4.78, 5) is 23.5. The Kier molecular flexibility index (Phi) is 18.3. The first kappa shape index (κ1) is 47.0. The molecule has 0 atom stereocenters. The monoisotopic (exact) mass is 830 g/mol. The Balaban J connectivity index is 0.000000521. The molecule has 4 aromatic rings. The third kappa shape index (κ3) is 14.5. The zero-order valence-electron chi connectivity index (χ0n) is 28.4. The number of rotatable bonds is 10. The molecule has 6 N–H and O–H groups in total. The van der Waals surface area contributed by atoms with Gasteiger partial charge in [0.1, 0.15) is 11.4 Å². The first-order valence-corrected chi connectivity index (χ1v) is 17.5. The number of nitrogens with one attached hydrogen (secondary N) is 2. The minimum atomic E-state index is -4.03. The van der Waals surface area contributed by atoms with E-state index >= 15 is 0 Å². The van der Waals surface area contributed by atoms with Crippen molar-refractivity contribution in [2.45, 2.75) is 23.6 Å².